The summed E-state index contributed by atoms with van der Waals surface area (Å²) in [4.78, 5) is 13.8. The fraction of sp³-hybridized carbons (Fsp3) is 0.400. The number of aryl methyl sites for hydroxylation is 1. The Morgan fingerprint density at radius 2 is 2.04 bits per heavy atom. The van der Waals surface area contributed by atoms with E-state index < -0.39 is 0 Å². The smallest absolute Gasteiger partial charge is 0.229 e. The third-order valence-corrected chi connectivity index (χ3v) is 6.25. The molecule has 0 unspecified atom stereocenters. The summed E-state index contributed by atoms with van der Waals surface area (Å²) < 4.78 is 11.3. The first-order valence-corrected chi connectivity index (χ1v) is 10.3. The van der Waals surface area contributed by atoms with Crippen LogP contribution < -0.4 is 14.8 Å². The molecule has 1 aromatic carbocycles. The maximum Gasteiger partial charge on any atom is 0.229 e. The fourth-order valence-electron chi connectivity index (χ4n) is 3.51. The quantitative estimate of drug-likeness (QED) is 0.820. The number of ether oxygens (including phenoxy) is 2. The Kier molecular flexibility index (Phi) is 5.24. The number of hydrogen-bond acceptors (Lipinski definition) is 5. The summed E-state index contributed by atoms with van der Waals surface area (Å²) in [5.41, 5.74) is 2.49. The molecule has 0 radical (unpaired) electrons. The predicted molar refractivity (Wildman–Crippen MR) is 105 cm³/mol. The van der Waals surface area contributed by atoms with Crippen LogP contribution >= 0.6 is 22.9 Å². The minimum absolute atomic E-state index is 0.157. The molecule has 27 heavy (non-hydrogen) atoms. The van der Waals surface area contributed by atoms with Crippen LogP contribution in [0.4, 0.5) is 5.00 Å². The van der Waals surface area contributed by atoms with E-state index in [1.54, 1.807) is 12.1 Å². The number of amides is 1. The zero-order valence-corrected chi connectivity index (χ0v) is 16.3. The highest BCUT2D eigenvalue weighted by molar-refractivity contribution is 7.16. The van der Waals surface area contributed by atoms with Crippen molar-refractivity contribution in [3.63, 3.8) is 0 Å². The Labute approximate surface area is 166 Å². The van der Waals surface area contributed by atoms with E-state index in [9.17, 15) is 10.1 Å². The van der Waals surface area contributed by atoms with Gasteiger partial charge in [-0.3, -0.25) is 4.79 Å². The van der Waals surface area contributed by atoms with Gasteiger partial charge in [0.1, 0.15) is 11.1 Å². The van der Waals surface area contributed by atoms with E-state index in [2.05, 4.69) is 11.4 Å². The van der Waals surface area contributed by atoms with Gasteiger partial charge in [0.2, 0.25) is 5.91 Å². The minimum atomic E-state index is -0.171. The van der Waals surface area contributed by atoms with Crippen LogP contribution in [-0.2, 0) is 24.1 Å². The molecular formula is C20H19ClN2O3S. The van der Waals surface area contributed by atoms with Crippen LogP contribution in [0.25, 0.3) is 0 Å². The molecule has 1 N–H and O–H groups in total. The van der Waals surface area contributed by atoms with Crippen LogP contribution in [0.5, 0.6) is 11.5 Å². The molecule has 5 nitrogen and oxygen atoms in total. The Morgan fingerprint density at radius 3 is 2.89 bits per heavy atom. The summed E-state index contributed by atoms with van der Waals surface area (Å²) in [7, 11) is 0. The lowest BCUT2D eigenvalue weighted by Crippen LogP contribution is -2.14. The Hall–Kier alpha value is -2.23. The Balaban J connectivity index is 1.52. The van der Waals surface area contributed by atoms with E-state index in [0.29, 0.717) is 40.3 Å². The number of nitrogens with one attached hydrogen (secondary N) is 1. The van der Waals surface area contributed by atoms with Crippen molar-refractivity contribution in [3.8, 4) is 17.6 Å². The van der Waals surface area contributed by atoms with Gasteiger partial charge in [-0.2, -0.15) is 5.26 Å². The Morgan fingerprint density at radius 1 is 1.22 bits per heavy atom. The van der Waals surface area contributed by atoms with Gasteiger partial charge in [-0.05, 0) is 48.9 Å². The number of carbonyl (C=O) groups is 1. The molecule has 0 saturated carbocycles. The SMILES string of the molecule is N#Cc1c(NC(=O)Cc2cc(Cl)c3c(c2)OCCCO3)sc2c1CCCC2. The molecule has 1 amide bonds. The average Bonchev–Trinajstić information content (AvgIpc) is 2.81. The van der Waals surface area contributed by atoms with Gasteiger partial charge in [0, 0.05) is 11.3 Å². The van der Waals surface area contributed by atoms with E-state index >= 15 is 0 Å². The summed E-state index contributed by atoms with van der Waals surface area (Å²) in [6, 6.07) is 5.81. The van der Waals surface area contributed by atoms with Crippen LogP contribution in [0.2, 0.25) is 5.02 Å². The minimum Gasteiger partial charge on any atom is -0.489 e. The first-order valence-electron chi connectivity index (χ1n) is 9.08. The summed E-state index contributed by atoms with van der Waals surface area (Å²) >= 11 is 7.83. The van der Waals surface area contributed by atoms with Gasteiger partial charge in [0.25, 0.3) is 0 Å². The second-order valence-corrected chi connectivity index (χ2v) is 8.22. The van der Waals surface area contributed by atoms with Gasteiger partial charge in [0.05, 0.1) is 30.2 Å². The molecule has 1 aromatic heterocycles. The van der Waals surface area contributed by atoms with Gasteiger partial charge in [-0.15, -0.1) is 11.3 Å². The van der Waals surface area contributed by atoms with Crippen LogP contribution in [0.15, 0.2) is 12.1 Å². The monoisotopic (exact) mass is 402 g/mol. The van der Waals surface area contributed by atoms with Crippen molar-refractivity contribution in [2.75, 3.05) is 18.5 Å². The standard InChI is InChI=1S/C20H19ClN2O3S/c21-15-8-12(9-16-19(15)26-7-3-6-25-16)10-18(24)23-20-14(11-22)13-4-1-2-5-17(13)27-20/h8-9H,1-7,10H2,(H,23,24). The number of hydrogen-bond donors (Lipinski definition) is 1. The lowest BCUT2D eigenvalue weighted by molar-refractivity contribution is -0.115. The van der Waals surface area contributed by atoms with Crippen molar-refractivity contribution in [1.29, 1.82) is 5.26 Å². The molecule has 1 aliphatic carbocycles. The van der Waals surface area contributed by atoms with Crippen molar-refractivity contribution in [2.24, 2.45) is 0 Å². The summed E-state index contributed by atoms with van der Waals surface area (Å²) in [6.45, 7) is 1.12. The molecule has 7 heteroatoms. The molecule has 2 aromatic rings. The summed E-state index contributed by atoms with van der Waals surface area (Å²) in [5.74, 6) is 0.943. The highest BCUT2D eigenvalue weighted by Gasteiger charge is 2.22. The second kappa shape index (κ2) is 7.79. The van der Waals surface area contributed by atoms with Crippen molar-refractivity contribution < 1.29 is 14.3 Å². The third kappa shape index (κ3) is 3.76. The number of rotatable bonds is 3. The normalized spacial score (nSPS) is 15.4. The highest BCUT2D eigenvalue weighted by Crippen LogP contribution is 2.39. The largest absolute Gasteiger partial charge is 0.489 e. The van der Waals surface area contributed by atoms with Crippen molar-refractivity contribution in [2.45, 2.75) is 38.5 Å². The van der Waals surface area contributed by atoms with Crippen LogP contribution in [-0.4, -0.2) is 19.1 Å². The van der Waals surface area contributed by atoms with Gasteiger partial charge < -0.3 is 14.8 Å². The lowest BCUT2D eigenvalue weighted by Gasteiger charge is -2.11. The van der Waals surface area contributed by atoms with Crippen molar-refractivity contribution >= 4 is 33.8 Å². The van der Waals surface area contributed by atoms with Crippen molar-refractivity contribution in [3.05, 3.63) is 38.7 Å². The Bertz CT molecular complexity index is 932. The highest BCUT2D eigenvalue weighted by atomic mass is 35.5. The van der Waals surface area contributed by atoms with E-state index in [1.165, 1.54) is 16.2 Å². The van der Waals surface area contributed by atoms with Crippen LogP contribution in [0.3, 0.4) is 0 Å². The number of fused-ring (bicyclic) bond motifs is 2. The van der Waals surface area contributed by atoms with Crippen LogP contribution in [0, 0.1) is 11.3 Å². The number of halogens is 1. The molecule has 2 aliphatic rings. The predicted octanol–water partition coefficient (Wildman–Crippen LogP) is 4.49. The summed E-state index contributed by atoms with van der Waals surface area (Å²) in [6.07, 6.45) is 5.10. The maximum atomic E-state index is 12.6. The molecule has 2 heterocycles. The molecule has 0 saturated heterocycles. The molecular weight excluding hydrogens is 384 g/mol. The van der Waals surface area contributed by atoms with Gasteiger partial charge >= 0.3 is 0 Å². The fourth-order valence-corrected chi connectivity index (χ4v) is 5.06. The topological polar surface area (TPSA) is 71.4 Å². The number of benzene rings is 1. The molecule has 0 bridgehead atoms. The first kappa shape index (κ1) is 18.1. The van der Waals surface area contributed by atoms with Crippen LogP contribution in [0.1, 0.15) is 40.8 Å². The zero-order valence-electron chi connectivity index (χ0n) is 14.8. The lowest BCUT2D eigenvalue weighted by atomic mass is 9.96. The number of nitriles is 1. The van der Waals surface area contributed by atoms with E-state index in [1.807, 2.05) is 0 Å². The van der Waals surface area contributed by atoms with E-state index in [4.69, 9.17) is 21.1 Å². The number of carbonyl (C=O) groups excluding carboxylic acids is 1. The second-order valence-electron chi connectivity index (χ2n) is 6.71. The molecule has 140 valence electrons. The zero-order chi connectivity index (χ0) is 18.8. The van der Waals surface area contributed by atoms with Gasteiger partial charge in [-0.1, -0.05) is 11.6 Å². The third-order valence-electron chi connectivity index (χ3n) is 4.76. The molecule has 0 spiro atoms. The van der Waals surface area contributed by atoms with Gasteiger partial charge in [-0.25, -0.2) is 0 Å². The van der Waals surface area contributed by atoms with E-state index in [0.717, 1.165) is 43.2 Å². The summed E-state index contributed by atoms with van der Waals surface area (Å²) in [5, 5.41) is 13.5. The van der Waals surface area contributed by atoms with E-state index in [-0.39, 0.29) is 12.3 Å². The molecule has 4 rings (SSSR count). The molecule has 0 atom stereocenters. The first-order chi connectivity index (χ1) is 13.2. The van der Waals surface area contributed by atoms with Crippen molar-refractivity contribution in [1.82, 2.24) is 0 Å². The molecule has 0 fully saturated rings. The maximum absolute atomic E-state index is 12.6. The van der Waals surface area contributed by atoms with Gasteiger partial charge in [0.15, 0.2) is 11.5 Å². The average molecular weight is 403 g/mol. The number of thiophene rings is 1. The number of anilines is 1. The number of nitrogens with zero attached hydrogens (tertiary/aromatic N) is 1. The molecule has 1 aliphatic heterocycles.